The molecule has 0 spiro atoms. The lowest BCUT2D eigenvalue weighted by Gasteiger charge is -2.06. The van der Waals surface area contributed by atoms with Gasteiger partial charge < -0.3 is 9.84 Å². The number of rotatable bonds is 2. The van der Waals surface area contributed by atoms with Gasteiger partial charge in [0.2, 0.25) is 0 Å². The molecule has 0 radical (unpaired) electrons. The number of halogens is 1. The van der Waals surface area contributed by atoms with Gasteiger partial charge in [0.25, 0.3) is 0 Å². The average Bonchev–Trinajstić information content (AvgIpc) is 1.97. The Morgan fingerprint density at radius 2 is 2.27 bits per heavy atom. The molecule has 0 fully saturated rings. The number of aromatic hydroxyl groups is 1. The highest BCUT2D eigenvalue weighted by molar-refractivity contribution is 9.10. The summed E-state index contributed by atoms with van der Waals surface area (Å²) in [6.07, 6.45) is 0. The van der Waals surface area contributed by atoms with Crippen molar-refractivity contribution in [3.63, 3.8) is 0 Å². The molecular formula is C8H9BrO2. The minimum atomic E-state index is 0.168. The first-order chi connectivity index (χ1) is 5.25. The normalized spacial score (nSPS) is 9.64. The largest absolute Gasteiger partial charge is 0.504 e. The number of para-hydroxylation sites is 1. The molecule has 0 saturated heterocycles. The molecule has 0 amide bonds. The predicted octanol–water partition coefficient (Wildman–Crippen LogP) is 2.55. The zero-order chi connectivity index (χ0) is 8.27. The molecule has 60 valence electrons. The van der Waals surface area contributed by atoms with E-state index in [2.05, 4.69) is 15.9 Å². The van der Waals surface area contributed by atoms with E-state index in [1.165, 1.54) is 0 Å². The second-order valence-electron chi connectivity index (χ2n) is 2.02. The van der Waals surface area contributed by atoms with Crippen molar-refractivity contribution in [2.24, 2.45) is 0 Å². The van der Waals surface area contributed by atoms with E-state index < -0.39 is 0 Å². The Morgan fingerprint density at radius 1 is 1.55 bits per heavy atom. The maximum atomic E-state index is 9.27. The van der Waals surface area contributed by atoms with E-state index >= 15 is 0 Å². The first kappa shape index (κ1) is 8.40. The summed E-state index contributed by atoms with van der Waals surface area (Å²) in [6, 6.07) is 5.17. The van der Waals surface area contributed by atoms with Crippen LogP contribution in [0, 0.1) is 0 Å². The molecule has 0 bridgehead atoms. The number of benzene rings is 1. The Bertz CT molecular complexity index is 228. The lowest BCUT2D eigenvalue weighted by Crippen LogP contribution is -1.92. The van der Waals surface area contributed by atoms with Crippen molar-refractivity contribution in [1.82, 2.24) is 0 Å². The molecule has 3 heteroatoms. The molecular weight excluding hydrogens is 208 g/mol. The molecule has 0 unspecified atom stereocenters. The molecule has 0 aliphatic carbocycles. The standard InChI is InChI=1S/C8H9BrO2/c1-2-11-8-6(9)4-3-5-7(8)10/h3-5,10H,2H2,1H3. The maximum Gasteiger partial charge on any atom is 0.175 e. The summed E-state index contributed by atoms with van der Waals surface area (Å²) in [7, 11) is 0. The molecule has 0 saturated carbocycles. The summed E-state index contributed by atoms with van der Waals surface area (Å²) in [6.45, 7) is 2.43. The van der Waals surface area contributed by atoms with Crippen molar-refractivity contribution >= 4 is 15.9 Å². The summed E-state index contributed by atoms with van der Waals surface area (Å²) in [4.78, 5) is 0. The Morgan fingerprint density at radius 3 is 2.82 bits per heavy atom. The SMILES string of the molecule is CCOc1c(O)cccc1Br. The fourth-order valence-corrected chi connectivity index (χ4v) is 1.25. The van der Waals surface area contributed by atoms with Crippen LogP contribution in [-0.2, 0) is 0 Å². The average molecular weight is 217 g/mol. The number of hydrogen-bond acceptors (Lipinski definition) is 2. The van der Waals surface area contributed by atoms with Crippen LogP contribution in [0.25, 0.3) is 0 Å². The van der Waals surface area contributed by atoms with E-state index in [9.17, 15) is 5.11 Å². The van der Waals surface area contributed by atoms with Gasteiger partial charge >= 0.3 is 0 Å². The molecule has 0 aromatic heterocycles. The lowest BCUT2D eigenvalue weighted by atomic mass is 10.3. The maximum absolute atomic E-state index is 9.27. The third-order valence-electron chi connectivity index (χ3n) is 1.23. The molecule has 0 heterocycles. The van der Waals surface area contributed by atoms with Crippen molar-refractivity contribution in [1.29, 1.82) is 0 Å². The van der Waals surface area contributed by atoms with Crippen LogP contribution in [0.3, 0.4) is 0 Å². The van der Waals surface area contributed by atoms with Crippen LogP contribution >= 0.6 is 15.9 Å². The first-order valence-electron chi connectivity index (χ1n) is 3.36. The number of phenols is 1. The molecule has 1 aromatic rings. The fourth-order valence-electron chi connectivity index (χ4n) is 0.785. The highest BCUT2D eigenvalue weighted by atomic mass is 79.9. The Balaban J connectivity index is 3.00. The van der Waals surface area contributed by atoms with Crippen LogP contribution in [0.4, 0.5) is 0 Å². The van der Waals surface area contributed by atoms with Gasteiger partial charge in [-0.15, -0.1) is 0 Å². The zero-order valence-electron chi connectivity index (χ0n) is 6.17. The molecule has 0 aliphatic rings. The molecule has 0 aliphatic heterocycles. The van der Waals surface area contributed by atoms with Crippen LogP contribution in [0.15, 0.2) is 22.7 Å². The van der Waals surface area contributed by atoms with Gasteiger partial charge in [0.05, 0.1) is 11.1 Å². The number of ether oxygens (including phenoxy) is 1. The van der Waals surface area contributed by atoms with Gasteiger partial charge in [-0.2, -0.15) is 0 Å². The van der Waals surface area contributed by atoms with Gasteiger partial charge in [-0.05, 0) is 35.0 Å². The summed E-state index contributed by atoms with van der Waals surface area (Å²) in [5.41, 5.74) is 0. The fraction of sp³-hybridized carbons (Fsp3) is 0.250. The smallest absolute Gasteiger partial charge is 0.175 e. The van der Waals surface area contributed by atoms with Gasteiger partial charge in [-0.3, -0.25) is 0 Å². The van der Waals surface area contributed by atoms with Crippen LogP contribution in [0.5, 0.6) is 11.5 Å². The second kappa shape index (κ2) is 3.62. The molecule has 1 N–H and O–H groups in total. The Labute approximate surface area is 73.9 Å². The number of hydrogen-bond donors (Lipinski definition) is 1. The van der Waals surface area contributed by atoms with Gasteiger partial charge in [-0.1, -0.05) is 6.07 Å². The number of phenolic OH excluding ortho intramolecular Hbond substituents is 1. The topological polar surface area (TPSA) is 29.5 Å². The third kappa shape index (κ3) is 1.87. The summed E-state index contributed by atoms with van der Waals surface area (Å²) >= 11 is 3.26. The molecule has 1 aromatic carbocycles. The highest BCUT2D eigenvalue weighted by Gasteiger charge is 2.04. The zero-order valence-corrected chi connectivity index (χ0v) is 7.76. The van der Waals surface area contributed by atoms with E-state index in [1.54, 1.807) is 12.1 Å². The molecule has 11 heavy (non-hydrogen) atoms. The van der Waals surface area contributed by atoms with Gasteiger partial charge in [0.1, 0.15) is 0 Å². The first-order valence-corrected chi connectivity index (χ1v) is 4.15. The summed E-state index contributed by atoms with van der Waals surface area (Å²) in [5, 5.41) is 9.27. The Kier molecular flexibility index (Phi) is 2.76. The highest BCUT2D eigenvalue weighted by Crippen LogP contribution is 2.33. The van der Waals surface area contributed by atoms with Crippen molar-refractivity contribution in [3.8, 4) is 11.5 Å². The van der Waals surface area contributed by atoms with Crippen molar-refractivity contribution in [2.75, 3.05) is 6.61 Å². The minimum absolute atomic E-state index is 0.168. The quantitative estimate of drug-likeness (QED) is 0.824. The molecule has 0 atom stereocenters. The van der Waals surface area contributed by atoms with Gasteiger partial charge in [0, 0.05) is 0 Å². The van der Waals surface area contributed by atoms with Crippen molar-refractivity contribution < 1.29 is 9.84 Å². The van der Waals surface area contributed by atoms with E-state index in [-0.39, 0.29) is 5.75 Å². The van der Waals surface area contributed by atoms with Crippen LogP contribution in [0.2, 0.25) is 0 Å². The second-order valence-corrected chi connectivity index (χ2v) is 2.88. The summed E-state index contributed by atoms with van der Waals surface area (Å²) < 4.78 is 5.95. The van der Waals surface area contributed by atoms with E-state index in [0.29, 0.717) is 12.4 Å². The van der Waals surface area contributed by atoms with Gasteiger partial charge in [0.15, 0.2) is 11.5 Å². The van der Waals surface area contributed by atoms with E-state index in [0.717, 1.165) is 4.47 Å². The minimum Gasteiger partial charge on any atom is -0.504 e. The van der Waals surface area contributed by atoms with Crippen LogP contribution in [0.1, 0.15) is 6.92 Å². The van der Waals surface area contributed by atoms with Crippen LogP contribution in [-0.4, -0.2) is 11.7 Å². The lowest BCUT2D eigenvalue weighted by molar-refractivity contribution is 0.316. The van der Waals surface area contributed by atoms with Crippen molar-refractivity contribution in [3.05, 3.63) is 22.7 Å². The van der Waals surface area contributed by atoms with E-state index in [4.69, 9.17) is 4.74 Å². The monoisotopic (exact) mass is 216 g/mol. The van der Waals surface area contributed by atoms with E-state index in [1.807, 2.05) is 13.0 Å². The van der Waals surface area contributed by atoms with Crippen molar-refractivity contribution in [2.45, 2.75) is 6.92 Å². The predicted molar refractivity (Wildman–Crippen MR) is 47.0 cm³/mol. The van der Waals surface area contributed by atoms with Gasteiger partial charge in [-0.25, -0.2) is 0 Å². The molecule has 2 nitrogen and oxygen atoms in total. The Hall–Kier alpha value is -0.700. The van der Waals surface area contributed by atoms with Crippen LogP contribution < -0.4 is 4.74 Å². The third-order valence-corrected chi connectivity index (χ3v) is 1.86. The summed E-state index contributed by atoms with van der Waals surface area (Å²) in [5.74, 6) is 0.677. The molecule has 1 rings (SSSR count).